The molecular weight excluding hydrogens is 172 g/mol. The fourth-order valence-corrected chi connectivity index (χ4v) is 2.13. The summed E-state index contributed by atoms with van der Waals surface area (Å²) in [5.41, 5.74) is 0. The van der Waals surface area contributed by atoms with E-state index in [0.29, 0.717) is 0 Å². The molecule has 0 radical (unpaired) electrons. The second-order valence-electron chi connectivity index (χ2n) is 4.66. The largest absolute Gasteiger partial charge is 0.313 e. The molecular formula is C12H26N2. The summed E-state index contributed by atoms with van der Waals surface area (Å²) in [6, 6.07) is 0.763. The van der Waals surface area contributed by atoms with Crippen LogP contribution in [0.25, 0.3) is 0 Å². The van der Waals surface area contributed by atoms with Gasteiger partial charge in [-0.2, -0.15) is 0 Å². The van der Waals surface area contributed by atoms with Crippen LogP contribution in [0.15, 0.2) is 0 Å². The zero-order valence-electron chi connectivity index (χ0n) is 10.1. The van der Waals surface area contributed by atoms with E-state index < -0.39 is 0 Å². The van der Waals surface area contributed by atoms with Crippen molar-refractivity contribution in [1.29, 1.82) is 0 Å². The van der Waals surface area contributed by atoms with Gasteiger partial charge in [0.25, 0.3) is 0 Å². The van der Waals surface area contributed by atoms with Gasteiger partial charge in [0.15, 0.2) is 0 Å². The molecule has 0 aromatic rings. The van der Waals surface area contributed by atoms with Crippen LogP contribution in [0.2, 0.25) is 0 Å². The van der Waals surface area contributed by atoms with Crippen LogP contribution in [0.4, 0.5) is 0 Å². The van der Waals surface area contributed by atoms with Crippen molar-refractivity contribution in [1.82, 2.24) is 10.2 Å². The molecule has 0 saturated carbocycles. The van der Waals surface area contributed by atoms with E-state index in [2.05, 4.69) is 31.0 Å². The monoisotopic (exact) mass is 198 g/mol. The topological polar surface area (TPSA) is 15.3 Å². The molecule has 2 atom stereocenters. The van der Waals surface area contributed by atoms with Gasteiger partial charge in [-0.05, 0) is 31.8 Å². The molecule has 1 saturated heterocycles. The standard InChI is InChI=1S/C12H26N2/c1-4-11(3)9-14(5-2)10-12-7-6-8-13-12/h11-13H,4-10H2,1-3H3/t11?,12-/m0/s1. The summed E-state index contributed by atoms with van der Waals surface area (Å²) in [6.07, 6.45) is 4.04. The maximum Gasteiger partial charge on any atom is 0.0195 e. The summed E-state index contributed by atoms with van der Waals surface area (Å²) in [5.74, 6) is 0.844. The predicted molar refractivity (Wildman–Crippen MR) is 62.6 cm³/mol. The molecule has 2 heteroatoms. The lowest BCUT2D eigenvalue weighted by Gasteiger charge is -2.26. The first-order valence-electron chi connectivity index (χ1n) is 6.22. The maximum atomic E-state index is 3.57. The van der Waals surface area contributed by atoms with Gasteiger partial charge in [-0.3, -0.25) is 0 Å². The Balaban J connectivity index is 2.22. The van der Waals surface area contributed by atoms with Crippen molar-refractivity contribution in [3.8, 4) is 0 Å². The van der Waals surface area contributed by atoms with E-state index in [0.717, 1.165) is 12.0 Å². The molecule has 1 rings (SSSR count). The van der Waals surface area contributed by atoms with E-state index in [4.69, 9.17) is 0 Å². The quantitative estimate of drug-likeness (QED) is 0.703. The first kappa shape index (κ1) is 12.0. The predicted octanol–water partition coefficient (Wildman–Crippen LogP) is 2.11. The van der Waals surface area contributed by atoms with Gasteiger partial charge in [0.05, 0.1) is 0 Å². The number of rotatable bonds is 6. The van der Waals surface area contributed by atoms with Gasteiger partial charge in [0.1, 0.15) is 0 Å². The molecule has 14 heavy (non-hydrogen) atoms. The van der Waals surface area contributed by atoms with Crippen LogP contribution < -0.4 is 5.32 Å². The second-order valence-corrected chi connectivity index (χ2v) is 4.66. The van der Waals surface area contributed by atoms with Crippen molar-refractivity contribution >= 4 is 0 Å². The Labute approximate surface area is 89.1 Å². The fraction of sp³-hybridized carbons (Fsp3) is 1.00. The molecule has 84 valence electrons. The highest BCUT2D eigenvalue weighted by atomic mass is 15.1. The minimum atomic E-state index is 0.763. The van der Waals surface area contributed by atoms with Crippen LogP contribution in [0.5, 0.6) is 0 Å². The Morgan fingerprint density at radius 1 is 1.43 bits per heavy atom. The Morgan fingerprint density at radius 3 is 2.71 bits per heavy atom. The van der Waals surface area contributed by atoms with Gasteiger partial charge in [-0.1, -0.05) is 27.2 Å². The zero-order chi connectivity index (χ0) is 10.4. The molecule has 0 bridgehead atoms. The van der Waals surface area contributed by atoms with Gasteiger partial charge in [0, 0.05) is 19.1 Å². The first-order valence-corrected chi connectivity index (χ1v) is 6.22. The molecule has 0 aliphatic carbocycles. The number of nitrogens with one attached hydrogen (secondary N) is 1. The summed E-state index contributed by atoms with van der Waals surface area (Å²) in [4.78, 5) is 2.59. The number of hydrogen-bond acceptors (Lipinski definition) is 2. The third-order valence-corrected chi connectivity index (χ3v) is 3.35. The van der Waals surface area contributed by atoms with Crippen LogP contribution in [-0.4, -0.2) is 37.1 Å². The maximum absolute atomic E-state index is 3.57. The Bertz CT molecular complexity index is 141. The molecule has 1 N–H and O–H groups in total. The van der Waals surface area contributed by atoms with Crippen molar-refractivity contribution in [2.24, 2.45) is 5.92 Å². The SMILES string of the molecule is CCC(C)CN(CC)C[C@@H]1CCCN1. The van der Waals surface area contributed by atoms with Gasteiger partial charge >= 0.3 is 0 Å². The Kier molecular flexibility index (Phi) is 5.49. The number of nitrogens with zero attached hydrogens (tertiary/aromatic N) is 1. The lowest BCUT2D eigenvalue weighted by molar-refractivity contribution is 0.226. The molecule has 0 spiro atoms. The first-order chi connectivity index (χ1) is 6.76. The van der Waals surface area contributed by atoms with Crippen molar-refractivity contribution in [2.45, 2.75) is 46.1 Å². The van der Waals surface area contributed by atoms with Crippen LogP contribution in [0.1, 0.15) is 40.0 Å². The molecule has 0 amide bonds. The highest BCUT2D eigenvalue weighted by Crippen LogP contribution is 2.09. The summed E-state index contributed by atoms with van der Waals surface area (Å²) in [6.45, 7) is 11.9. The molecule has 2 nitrogen and oxygen atoms in total. The molecule has 1 aliphatic heterocycles. The fourth-order valence-electron chi connectivity index (χ4n) is 2.13. The number of hydrogen-bond donors (Lipinski definition) is 1. The molecule has 0 aromatic heterocycles. The van der Waals surface area contributed by atoms with E-state index in [9.17, 15) is 0 Å². The molecule has 1 unspecified atom stereocenters. The van der Waals surface area contributed by atoms with E-state index in [1.807, 2.05) is 0 Å². The third kappa shape index (κ3) is 3.97. The summed E-state index contributed by atoms with van der Waals surface area (Å²) in [7, 11) is 0. The van der Waals surface area contributed by atoms with Crippen LogP contribution in [0, 0.1) is 5.92 Å². The van der Waals surface area contributed by atoms with Crippen LogP contribution >= 0.6 is 0 Å². The third-order valence-electron chi connectivity index (χ3n) is 3.35. The van der Waals surface area contributed by atoms with E-state index >= 15 is 0 Å². The van der Waals surface area contributed by atoms with Crippen molar-refractivity contribution < 1.29 is 0 Å². The lowest BCUT2D eigenvalue weighted by Crippen LogP contribution is -2.39. The summed E-state index contributed by atoms with van der Waals surface area (Å²) < 4.78 is 0. The summed E-state index contributed by atoms with van der Waals surface area (Å²) >= 11 is 0. The molecule has 0 aromatic carbocycles. The highest BCUT2D eigenvalue weighted by molar-refractivity contribution is 4.78. The average Bonchev–Trinajstić information content (AvgIpc) is 2.69. The van der Waals surface area contributed by atoms with E-state index in [-0.39, 0.29) is 0 Å². The molecule has 1 heterocycles. The lowest BCUT2D eigenvalue weighted by atomic mass is 10.1. The van der Waals surface area contributed by atoms with Crippen molar-refractivity contribution in [2.75, 3.05) is 26.2 Å². The van der Waals surface area contributed by atoms with Gasteiger partial charge in [0.2, 0.25) is 0 Å². The highest BCUT2D eigenvalue weighted by Gasteiger charge is 2.17. The number of likely N-dealkylation sites (N-methyl/N-ethyl adjacent to an activating group) is 1. The molecule has 1 fully saturated rings. The van der Waals surface area contributed by atoms with Gasteiger partial charge < -0.3 is 10.2 Å². The van der Waals surface area contributed by atoms with E-state index in [1.165, 1.54) is 45.4 Å². The van der Waals surface area contributed by atoms with E-state index in [1.54, 1.807) is 0 Å². The smallest absolute Gasteiger partial charge is 0.0195 e. The summed E-state index contributed by atoms with van der Waals surface area (Å²) in [5, 5.41) is 3.57. The normalized spacial score (nSPS) is 24.4. The Morgan fingerprint density at radius 2 is 2.21 bits per heavy atom. The zero-order valence-corrected chi connectivity index (χ0v) is 10.1. The molecule has 1 aliphatic rings. The van der Waals surface area contributed by atoms with Gasteiger partial charge in [-0.25, -0.2) is 0 Å². The second kappa shape index (κ2) is 6.41. The average molecular weight is 198 g/mol. The van der Waals surface area contributed by atoms with Crippen molar-refractivity contribution in [3.05, 3.63) is 0 Å². The van der Waals surface area contributed by atoms with Crippen LogP contribution in [0.3, 0.4) is 0 Å². The Hall–Kier alpha value is -0.0800. The minimum Gasteiger partial charge on any atom is -0.313 e. The van der Waals surface area contributed by atoms with Gasteiger partial charge in [-0.15, -0.1) is 0 Å². The van der Waals surface area contributed by atoms with Crippen molar-refractivity contribution in [3.63, 3.8) is 0 Å². The minimum absolute atomic E-state index is 0.763. The van der Waals surface area contributed by atoms with Crippen LogP contribution in [-0.2, 0) is 0 Å².